The van der Waals surface area contributed by atoms with E-state index in [1.54, 1.807) is 7.11 Å². The van der Waals surface area contributed by atoms with Gasteiger partial charge in [-0.05, 0) is 31.0 Å². The predicted octanol–water partition coefficient (Wildman–Crippen LogP) is 1.82. The van der Waals surface area contributed by atoms with Gasteiger partial charge in [-0.15, -0.1) is 10.2 Å². The summed E-state index contributed by atoms with van der Waals surface area (Å²) in [7, 11) is 1.63. The summed E-state index contributed by atoms with van der Waals surface area (Å²) in [5.74, 6) is 1.61. The molecule has 0 fully saturated rings. The van der Waals surface area contributed by atoms with Gasteiger partial charge in [-0.3, -0.25) is 0 Å². The van der Waals surface area contributed by atoms with E-state index in [-0.39, 0.29) is 6.54 Å². The number of nitrogens with zero attached hydrogens (tertiary/aromatic N) is 2. The highest BCUT2D eigenvalue weighted by molar-refractivity contribution is 5.66. The van der Waals surface area contributed by atoms with Crippen molar-refractivity contribution in [1.29, 1.82) is 0 Å². The Hall–Kier alpha value is -1.88. The maximum absolute atomic E-state index is 5.44. The Morgan fingerprint density at radius 3 is 2.65 bits per heavy atom. The van der Waals surface area contributed by atoms with Crippen LogP contribution in [0.1, 0.15) is 17.0 Å². The summed E-state index contributed by atoms with van der Waals surface area (Å²) >= 11 is 0. The Labute approximate surface area is 99.6 Å². The van der Waals surface area contributed by atoms with Crippen LogP contribution in [-0.2, 0) is 6.54 Å². The molecule has 0 saturated heterocycles. The van der Waals surface area contributed by atoms with Crippen molar-refractivity contribution in [1.82, 2.24) is 10.2 Å². The first-order valence-electron chi connectivity index (χ1n) is 5.33. The average Bonchev–Trinajstić information content (AvgIpc) is 2.76. The quantitative estimate of drug-likeness (QED) is 0.875. The molecule has 0 unspecified atom stereocenters. The topological polar surface area (TPSA) is 74.2 Å². The highest BCUT2D eigenvalue weighted by Gasteiger charge is 2.15. The van der Waals surface area contributed by atoms with Gasteiger partial charge in [0, 0.05) is 0 Å². The van der Waals surface area contributed by atoms with E-state index in [0.717, 1.165) is 22.4 Å². The van der Waals surface area contributed by atoms with Crippen LogP contribution in [0.4, 0.5) is 0 Å². The molecule has 0 atom stereocenters. The molecule has 1 aromatic carbocycles. The number of benzene rings is 1. The molecule has 0 saturated carbocycles. The second-order valence-corrected chi connectivity index (χ2v) is 3.87. The van der Waals surface area contributed by atoms with E-state index in [1.807, 2.05) is 26.0 Å². The molecule has 2 N–H and O–H groups in total. The molecule has 0 aliphatic heterocycles. The van der Waals surface area contributed by atoms with E-state index in [1.165, 1.54) is 0 Å². The van der Waals surface area contributed by atoms with E-state index >= 15 is 0 Å². The third-order valence-electron chi connectivity index (χ3n) is 2.49. The van der Waals surface area contributed by atoms with Crippen molar-refractivity contribution in [3.05, 3.63) is 29.2 Å². The van der Waals surface area contributed by atoms with Gasteiger partial charge in [0.05, 0.1) is 19.2 Å². The maximum atomic E-state index is 5.44. The minimum Gasteiger partial charge on any atom is -0.496 e. The third kappa shape index (κ3) is 2.14. The summed E-state index contributed by atoms with van der Waals surface area (Å²) in [4.78, 5) is 0. The molecule has 1 heterocycles. The molecular formula is C12H15N3O2. The molecule has 0 aliphatic rings. The van der Waals surface area contributed by atoms with Crippen LogP contribution in [0.3, 0.4) is 0 Å². The summed E-state index contributed by atoms with van der Waals surface area (Å²) < 4.78 is 10.8. The number of aromatic nitrogens is 2. The largest absolute Gasteiger partial charge is 0.496 e. The lowest BCUT2D eigenvalue weighted by atomic mass is 10.1. The summed E-state index contributed by atoms with van der Waals surface area (Å²) in [6, 6.07) is 4.00. The van der Waals surface area contributed by atoms with Crippen molar-refractivity contribution >= 4 is 0 Å². The molecule has 2 rings (SSSR count). The van der Waals surface area contributed by atoms with Crippen molar-refractivity contribution < 1.29 is 9.15 Å². The van der Waals surface area contributed by atoms with E-state index in [9.17, 15) is 0 Å². The average molecular weight is 233 g/mol. The zero-order valence-corrected chi connectivity index (χ0v) is 10.2. The Morgan fingerprint density at radius 2 is 2.06 bits per heavy atom. The first-order valence-corrected chi connectivity index (χ1v) is 5.33. The van der Waals surface area contributed by atoms with Crippen molar-refractivity contribution in [3.8, 4) is 17.2 Å². The van der Waals surface area contributed by atoms with Crippen LogP contribution in [0.2, 0.25) is 0 Å². The number of methoxy groups -OCH3 is 1. The molecule has 0 spiro atoms. The zero-order valence-electron chi connectivity index (χ0n) is 10.2. The summed E-state index contributed by atoms with van der Waals surface area (Å²) in [5.41, 5.74) is 8.40. The second-order valence-electron chi connectivity index (χ2n) is 3.87. The lowest BCUT2D eigenvalue weighted by Crippen LogP contribution is -1.95. The fourth-order valence-electron chi connectivity index (χ4n) is 1.83. The number of ether oxygens (including phenoxy) is 1. The van der Waals surface area contributed by atoms with Gasteiger partial charge < -0.3 is 14.9 Å². The SMILES string of the molecule is COc1c(C)cc(C)cc1-c1nnc(CN)o1. The molecule has 2 aromatic rings. The minimum absolute atomic E-state index is 0.236. The predicted molar refractivity (Wildman–Crippen MR) is 63.7 cm³/mol. The molecule has 0 bridgehead atoms. The highest BCUT2D eigenvalue weighted by atomic mass is 16.5. The van der Waals surface area contributed by atoms with Crippen LogP contribution < -0.4 is 10.5 Å². The summed E-state index contributed by atoms with van der Waals surface area (Å²) in [6.45, 7) is 4.23. The van der Waals surface area contributed by atoms with E-state index in [2.05, 4.69) is 10.2 Å². The van der Waals surface area contributed by atoms with Crippen molar-refractivity contribution in [2.24, 2.45) is 5.73 Å². The third-order valence-corrected chi connectivity index (χ3v) is 2.49. The Kier molecular flexibility index (Phi) is 3.10. The van der Waals surface area contributed by atoms with Crippen LogP contribution in [0.25, 0.3) is 11.5 Å². The first-order chi connectivity index (χ1) is 8.15. The standard InChI is InChI=1S/C12H15N3O2/c1-7-4-8(2)11(16-3)9(5-7)12-15-14-10(6-13)17-12/h4-5H,6,13H2,1-3H3. The molecule has 5 heteroatoms. The number of aryl methyl sites for hydroxylation is 2. The normalized spacial score (nSPS) is 10.6. The van der Waals surface area contributed by atoms with E-state index in [0.29, 0.717) is 11.8 Å². The monoisotopic (exact) mass is 233 g/mol. The van der Waals surface area contributed by atoms with E-state index in [4.69, 9.17) is 14.9 Å². The number of nitrogens with two attached hydrogens (primary N) is 1. The van der Waals surface area contributed by atoms with Gasteiger partial charge >= 0.3 is 0 Å². The van der Waals surface area contributed by atoms with Gasteiger partial charge in [-0.2, -0.15) is 0 Å². The lowest BCUT2D eigenvalue weighted by molar-refractivity contribution is 0.410. The number of rotatable bonds is 3. The molecule has 0 aliphatic carbocycles. The van der Waals surface area contributed by atoms with Crippen LogP contribution >= 0.6 is 0 Å². The van der Waals surface area contributed by atoms with Crippen molar-refractivity contribution in [3.63, 3.8) is 0 Å². The van der Waals surface area contributed by atoms with Crippen LogP contribution in [0.15, 0.2) is 16.5 Å². The molecule has 0 amide bonds. The van der Waals surface area contributed by atoms with Crippen LogP contribution in [0, 0.1) is 13.8 Å². The Bertz CT molecular complexity index is 535. The minimum atomic E-state index is 0.236. The Morgan fingerprint density at radius 1 is 1.29 bits per heavy atom. The van der Waals surface area contributed by atoms with Crippen molar-refractivity contribution in [2.75, 3.05) is 7.11 Å². The van der Waals surface area contributed by atoms with Gasteiger partial charge in [0.15, 0.2) is 0 Å². The van der Waals surface area contributed by atoms with Gasteiger partial charge in [0.25, 0.3) is 5.89 Å². The summed E-state index contributed by atoms with van der Waals surface area (Å²) in [6.07, 6.45) is 0. The fraction of sp³-hybridized carbons (Fsp3) is 0.333. The molecule has 1 aromatic heterocycles. The van der Waals surface area contributed by atoms with Gasteiger partial charge in [0.2, 0.25) is 5.89 Å². The molecule has 90 valence electrons. The summed E-state index contributed by atoms with van der Waals surface area (Å²) in [5, 5.41) is 7.82. The Balaban J connectivity index is 2.57. The molecule has 17 heavy (non-hydrogen) atoms. The molecule has 5 nitrogen and oxygen atoms in total. The van der Waals surface area contributed by atoms with Crippen molar-refractivity contribution in [2.45, 2.75) is 20.4 Å². The van der Waals surface area contributed by atoms with E-state index < -0.39 is 0 Å². The number of hydrogen-bond acceptors (Lipinski definition) is 5. The second kappa shape index (κ2) is 4.55. The molecule has 0 radical (unpaired) electrons. The lowest BCUT2D eigenvalue weighted by Gasteiger charge is -2.09. The van der Waals surface area contributed by atoms with Gasteiger partial charge in [-0.1, -0.05) is 6.07 Å². The zero-order chi connectivity index (χ0) is 12.4. The maximum Gasteiger partial charge on any atom is 0.251 e. The van der Waals surface area contributed by atoms with Gasteiger partial charge in [0.1, 0.15) is 5.75 Å². The van der Waals surface area contributed by atoms with Crippen LogP contribution in [0.5, 0.6) is 5.75 Å². The highest BCUT2D eigenvalue weighted by Crippen LogP contribution is 2.33. The molecular weight excluding hydrogens is 218 g/mol. The smallest absolute Gasteiger partial charge is 0.251 e. The van der Waals surface area contributed by atoms with Crippen LogP contribution in [-0.4, -0.2) is 17.3 Å². The van der Waals surface area contributed by atoms with Gasteiger partial charge in [-0.25, -0.2) is 0 Å². The first kappa shape index (κ1) is 11.6. The number of hydrogen-bond donors (Lipinski definition) is 1. The fourth-order valence-corrected chi connectivity index (χ4v) is 1.83.